The number of nitrogens with zero attached hydrogens (tertiary/aromatic N) is 1. The van der Waals surface area contributed by atoms with E-state index in [-0.39, 0.29) is 0 Å². The van der Waals surface area contributed by atoms with Crippen LogP contribution in [0.4, 0.5) is 0 Å². The Hall–Kier alpha value is -1.57. The normalized spacial score (nSPS) is 12.3. The first kappa shape index (κ1) is 29.7. The molecule has 0 saturated heterocycles. The Balaban J connectivity index is 1.72. The van der Waals surface area contributed by atoms with E-state index in [9.17, 15) is 0 Å². The van der Waals surface area contributed by atoms with Gasteiger partial charge in [0, 0.05) is 0 Å². The molecule has 0 amide bonds. The van der Waals surface area contributed by atoms with Crippen LogP contribution in [0, 0.1) is 0 Å². The van der Waals surface area contributed by atoms with Gasteiger partial charge in [0.2, 0.25) is 0 Å². The van der Waals surface area contributed by atoms with Crippen molar-refractivity contribution < 1.29 is 4.57 Å². The topological polar surface area (TPSA) is 19.7 Å². The van der Waals surface area contributed by atoms with E-state index in [0.717, 1.165) is 6.54 Å². The van der Waals surface area contributed by atoms with E-state index in [2.05, 4.69) is 66.1 Å². The number of aromatic nitrogens is 2. The van der Waals surface area contributed by atoms with Crippen LogP contribution in [0.15, 0.2) is 42.7 Å². The first-order valence-electron chi connectivity index (χ1n) is 15.5. The van der Waals surface area contributed by atoms with Crippen LogP contribution < -0.4 is 4.57 Å². The molecule has 1 aromatic carbocycles. The third-order valence-corrected chi connectivity index (χ3v) is 7.70. The number of benzene rings is 1. The standard InChI is InChI=1S/C33H56N2/c1-3-5-7-9-10-11-12-13-14-16-21-27-32(26-20-15-8-6-4-2)33-34-28-30-35(33)29-22-25-31-23-18-17-19-24-31/h17-19,23-24,28,30,32H,3-16,20-22,25-27,29H2,1-2H3/p+1/t32-/m0/s1. The second kappa shape index (κ2) is 20.6. The number of nitrogens with one attached hydrogen (secondary N) is 1. The summed E-state index contributed by atoms with van der Waals surface area (Å²) in [6.45, 7) is 5.74. The Morgan fingerprint density at radius 1 is 0.629 bits per heavy atom. The second-order valence-electron chi connectivity index (χ2n) is 10.9. The zero-order chi connectivity index (χ0) is 24.8. The molecule has 2 rings (SSSR count). The maximum absolute atomic E-state index is 3.66. The summed E-state index contributed by atoms with van der Waals surface area (Å²) in [4.78, 5) is 3.66. The van der Waals surface area contributed by atoms with Gasteiger partial charge < -0.3 is 0 Å². The monoisotopic (exact) mass is 481 g/mol. The summed E-state index contributed by atoms with van der Waals surface area (Å²) in [5.41, 5.74) is 1.46. The Labute approximate surface area is 218 Å². The summed E-state index contributed by atoms with van der Waals surface area (Å²) < 4.78 is 2.53. The molecule has 2 aromatic rings. The predicted octanol–water partition coefficient (Wildman–Crippen LogP) is 10.1. The minimum atomic E-state index is 0.696. The Morgan fingerprint density at radius 3 is 1.69 bits per heavy atom. The predicted molar refractivity (Wildman–Crippen MR) is 153 cm³/mol. The lowest BCUT2D eigenvalue weighted by atomic mass is 9.93. The van der Waals surface area contributed by atoms with E-state index in [1.165, 1.54) is 140 Å². The van der Waals surface area contributed by atoms with Gasteiger partial charge in [0.15, 0.2) is 0 Å². The molecule has 0 aliphatic rings. The number of imidazole rings is 1. The lowest BCUT2D eigenvalue weighted by molar-refractivity contribution is -0.704. The molecule has 1 N–H and O–H groups in total. The number of aromatic amines is 1. The molecule has 1 heterocycles. The molecule has 1 aromatic heterocycles. The molecule has 0 fully saturated rings. The van der Waals surface area contributed by atoms with Gasteiger partial charge in [-0.25, -0.2) is 9.55 Å². The van der Waals surface area contributed by atoms with Gasteiger partial charge in [-0.15, -0.1) is 0 Å². The molecule has 35 heavy (non-hydrogen) atoms. The number of unbranched alkanes of at least 4 members (excludes halogenated alkanes) is 14. The van der Waals surface area contributed by atoms with Crippen molar-refractivity contribution in [1.29, 1.82) is 0 Å². The number of hydrogen-bond acceptors (Lipinski definition) is 0. The highest BCUT2D eigenvalue weighted by Crippen LogP contribution is 2.26. The maximum atomic E-state index is 3.66. The molecule has 0 saturated carbocycles. The van der Waals surface area contributed by atoms with E-state index in [4.69, 9.17) is 0 Å². The van der Waals surface area contributed by atoms with E-state index in [0.29, 0.717) is 5.92 Å². The first-order chi connectivity index (χ1) is 17.3. The Bertz CT molecular complexity index is 705. The number of hydrogen-bond donors (Lipinski definition) is 1. The average molecular weight is 482 g/mol. The van der Waals surface area contributed by atoms with Gasteiger partial charge in [-0.05, 0) is 31.2 Å². The van der Waals surface area contributed by atoms with E-state index in [1.807, 2.05) is 0 Å². The van der Waals surface area contributed by atoms with Crippen molar-refractivity contribution in [2.24, 2.45) is 0 Å². The second-order valence-corrected chi connectivity index (χ2v) is 10.9. The van der Waals surface area contributed by atoms with Crippen molar-refractivity contribution in [2.75, 3.05) is 0 Å². The summed E-state index contributed by atoms with van der Waals surface area (Å²) in [6, 6.07) is 10.9. The van der Waals surface area contributed by atoms with Crippen LogP contribution in [0.25, 0.3) is 0 Å². The highest BCUT2D eigenvalue weighted by Gasteiger charge is 2.22. The molecule has 2 nitrogen and oxygen atoms in total. The number of H-pyrrole nitrogens is 1. The maximum Gasteiger partial charge on any atom is 0.257 e. The molecule has 0 radical (unpaired) electrons. The smallest absolute Gasteiger partial charge is 0.247 e. The molecule has 0 aliphatic heterocycles. The zero-order valence-electron chi connectivity index (χ0n) is 23.4. The zero-order valence-corrected chi connectivity index (χ0v) is 23.4. The van der Waals surface area contributed by atoms with Gasteiger partial charge in [-0.2, -0.15) is 0 Å². The molecular formula is C33H57N2+. The van der Waals surface area contributed by atoms with E-state index >= 15 is 0 Å². The van der Waals surface area contributed by atoms with Crippen LogP contribution in [-0.4, -0.2) is 4.98 Å². The minimum Gasteiger partial charge on any atom is -0.247 e. The van der Waals surface area contributed by atoms with E-state index in [1.54, 1.807) is 0 Å². The fourth-order valence-electron chi connectivity index (χ4n) is 5.49. The minimum absolute atomic E-state index is 0.696. The van der Waals surface area contributed by atoms with Crippen LogP contribution >= 0.6 is 0 Å². The van der Waals surface area contributed by atoms with Crippen LogP contribution in [-0.2, 0) is 13.0 Å². The molecule has 0 bridgehead atoms. The molecular weight excluding hydrogens is 424 g/mol. The van der Waals surface area contributed by atoms with Crippen LogP contribution in [0.3, 0.4) is 0 Å². The summed E-state index contributed by atoms with van der Waals surface area (Å²) in [7, 11) is 0. The highest BCUT2D eigenvalue weighted by molar-refractivity contribution is 5.14. The van der Waals surface area contributed by atoms with Crippen LogP contribution in [0.5, 0.6) is 0 Å². The molecule has 0 unspecified atom stereocenters. The van der Waals surface area contributed by atoms with Gasteiger partial charge in [-0.1, -0.05) is 147 Å². The lowest BCUT2D eigenvalue weighted by Crippen LogP contribution is -2.37. The van der Waals surface area contributed by atoms with Gasteiger partial charge >= 0.3 is 0 Å². The molecule has 2 heteroatoms. The van der Waals surface area contributed by atoms with Crippen LogP contribution in [0.2, 0.25) is 0 Å². The van der Waals surface area contributed by atoms with Crippen molar-refractivity contribution in [2.45, 2.75) is 155 Å². The summed E-state index contributed by atoms with van der Waals surface area (Å²) >= 11 is 0. The average Bonchev–Trinajstić information content (AvgIpc) is 3.35. The SMILES string of the molecule is CCCCCCCCCCCCC[C@H](CCCCCCC)c1[nH]cc[n+]1CCCc1ccccc1. The Kier molecular flexibility index (Phi) is 17.5. The molecule has 198 valence electrons. The van der Waals surface area contributed by atoms with Crippen molar-refractivity contribution in [3.8, 4) is 0 Å². The number of aryl methyl sites for hydroxylation is 2. The van der Waals surface area contributed by atoms with Crippen molar-refractivity contribution >= 4 is 0 Å². The third kappa shape index (κ3) is 13.9. The first-order valence-corrected chi connectivity index (χ1v) is 15.5. The fourth-order valence-corrected chi connectivity index (χ4v) is 5.49. The summed E-state index contributed by atoms with van der Waals surface area (Å²) in [5, 5.41) is 0. The largest absolute Gasteiger partial charge is 0.257 e. The molecule has 0 aliphatic carbocycles. The Morgan fingerprint density at radius 2 is 1.14 bits per heavy atom. The van der Waals surface area contributed by atoms with Crippen molar-refractivity contribution in [1.82, 2.24) is 4.98 Å². The lowest BCUT2D eigenvalue weighted by Gasteiger charge is -2.14. The number of rotatable bonds is 23. The fraction of sp³-hybridized carbons (Fsp3) is 0.727. The van der Waals surface area contributed by atoms with Crippen molar-refractivity contribution in [3.05, 3.63) is 54.1 Å². The summed E-state index contributed by atoms with van der Waals surface area (Å²) in [6.07, 6.45) is 32.2. The van der Waals surface area contributed by atoms with E-state index < -0.39 is 0 Å². The van der Waals surface area contributed by atoms with Crippen molar-refractivity contribution in [3.63, 3.8) is 0 Å². The van der Waals surface area contributed by atoms with Gasteiger partial charge in [-0.3, -0.25) is 0 Å². The van der Waals surface area contributed by atoms with Gasteiger partial charge in [0.05, 0.1) is 12.5 Å². The highest BCUT2D eigenvalue weighted by atomic mass is 15.1. The molecule has 1 atom stereocenters. The van der Waals surface area contributed by atoms with Crippen LogP contribution in [0.1, 0.15) is 153 Å². The van der Waals surface area contributed by atoms with Gasteiger partial charge in [0.1, 0.15) is 12.4 Å². The molecule has 0 spiro atoms. The summed E-state index contributed by atoms with van der Waals surface area (Å²) in [5.74, 6) is 2.18. The quantitative estimate of drug-likeness (QED) is 0.120. The van der Waals surface area contributed by atoms with Gasteiger partial charge in [0.25, 0.3) is 5.82 Å². The third-order valence-electron chi connectivity index (χ3n) is 7.70.